The number of rotatable bonds is 1. The number of esters is 1. The number of pyridine rings is 1. The summed E-state index contributed by atoms with van der Waals surface area (Å²) >= 11 is 30.0. The molecule has 100 valence electrons. The van der Waals surface area contributed by atoms with Crippen molar-refractivity contribution in [2.45, 2.75) is 0 Å². The van der Waals surface area contributed by atoms with E-state index >= 15 is 0 Å². The largest absolute Gasteiger partial charge is 0.465 e. The Balaban J connectivity index is 3.05. The number of halogens is 5. The lowest BCUT2D eigenvalue weighted by Gasteiger charge is -2.12. The van der Waals surface area contributed by atoms with Gasteiger partial charge >= 0.3 is 5.97 Å². The first kappa shape index (κ1) is 14.9. The molecule has 1 aromatic carbocycles. The number of hydrogen-bond donors (Lipinski definition) is 0. The second kappa shape index (κ2) is 5.51. The van der Waals surface area contributed by atoms with Crippen molar-refractivity contribution in [1.29, 1.82) is 0 Å². The maximum atomic E-state index is 11.8. The maximum absolute atomic E-state index is 11.8. The Labute approximate surface area is 133 Å². The summed E-state index contributed by atoms with van der Waals surface area (Å²) in [5.74, 6) is -0.672. The number of nitrogens with zero attached hydrogens (tertiary/aromatic N) is 1. The van der Waals surface area contributed by atoms with E-state index in [1.54, 1.807) is 0 Å². The summed E-state index contributed by atoms with van der Waals surface area (Å²) in [5.41, 5.74) is 0.269. The van der Waals surface area contributed by atoms with E-state index in [0.717, 1.165) is 0 Å². The minimum atomic E-state index is -0.672. The van der Waals surface area contributed by atoms with Gasteiger partial charge in [-0.1, -0.05) is 58.0 Å². The summed E-state index contributed by atoms with van der Waals surface area (Å²) in [6.45, 7) is 0. The van der Waals surface area contributed by atoms with Gasteiger partial charge in [0.25, 0.3) is 0 Å². The van der Waals surface area contributed by atoms with Crippen molar-refractivity contribution in [2.24, 2.45) is 0 Å². The van der Waals surface area contributed by atoms with Gasteiger partial charge in [0, 0.05) is 11.6 Å². The number of carbonyl (C=O) groups is 1. The van der Waals surface area contributed by atoms with Gasteiger partial charge in [-0.15, -0.1) is 0 Å². The number of carbonyl (C=O) groups excluding carboxylic acids is 1. The standard InChI is InChI=1S/C11H4Cl5NO2/c1-19-11(18)4-3(12)2-17-10-5(4)6(13)7(14)8(15)9(10)16/h2H,1H3. The van der Waals surface area contributed by atoms with Gasteiger partial charge in [0.05, 0.1) is 43.3 Å². The van der Waals surface area contributed by atoms with Gasteiger partial charge in [-0.05, 0) is 0 Å². The molecule has 0 aliphatic carbocycles. The van der Waals surface area contributed by atoms with Crippen molar-refractivity contribution in [3.05, 3.63) is 36.9 Å². The van der Waals surface area contributed by atoms with Crippen molar-refractivity contribution >= 4 is 74.9 Å². The molecule has 19 heavy (non-hydrogen) atoms. The molecule has 0 spiro atoms. The Morgan fingerprint density at radius 2 is 1.63 bits per heavy atom. The monoisotopic (exact) mass is 357 g/mol. The average Bonchev–Trinajstić information content (AvgIpc) is 2.41. The third-order valence-corrected chi connectivity index (χ3v) is 4.51. The second-order valence-electron chi connectivity index (χ2n) is 3.45. The van der Waals surface area contributed by atoms with E-state index < -0.39 is 5.97 Å². The van der Waals surface area contributed by atoms with Crippen LogP contribution in [0, 0.1) is 0 Å². The van der Waals surface area contributed by atoms with Gasteiger partial charge in [0.1, 0.15) is 0 Å². The Kier molecular flexibility index (Phi) is 4.33. The molecular formula is C11H4Cl5NO2. The molecule has 0 atom stereocenters. The molecule has 0 aliphatic rings. The van der Waals surface area contributed by atoms with Crippen LogP contribution in [0.4, 0.5) is 0 Å². The van der Waals surface area contributed by atoms with Crippen LogP contribution in [-0.4, -0.2) is 18.1 Å². The first-order valence-corrected chi connectivity index (χ1v) is 6.67. The molecule has 1 heterocycles. The summed E-state index contributed by atoms with van der Waals surface area (Å²) in [7, 11) is 1.22. The fraction of sp³-hybridized carbons (Fsp3) is 0.0909. The molecule has 1 aromatic heterocycles. The number of fused-ring (bicyclic) bond motifs is 1. The van der Waals surface area contributed by atoms with E-state index in [2.05, 4.69) is 9.72 Å². The molecule has 2 rings (SSSR count). The predicted molar refractivity (Wildman–Crippen MR) is 78.1 cm³/mol. The summed E-state index contributed by atoms with van der Waals surface area (Å²) in [4.78, 5) is 15.8. The number of hydrogen-bond acceptors (Lipinski definition) is 3. The summed E-state index contributed by atoms with van der Waals surface area (Å²) in [6.07, 6.45) is 1.27. The summed E-state index contributed by atoms with van der Waals surface area (Å²) < 4.78 is 4.66. The van der Waals surface area contributed by atoms with Crippen LogP contribution in [0.5, 0.6) is 0 Å². The zero-order valence-electron chi connectivity index (χ0n) is 9.23. The van der Waals surface area contributed by atoms with Crippen LogP contribution in [0.15, 0.2) is 6.20 Å². The van der Waals surface area contributed by atoms with E-state index in [-0.39, 0.29) is 41.6 Å². The first-order valence-electron chi connectivity index (χ1n) is 4.78. The van der Waals surface area contributed by atoms with Crippen molar-refractivity contribution < 1.29 is 9.53 Å². The van der Waals surface area contributed by atoms with Crippen LogP contribution in [-0.2, 0) is 4.74 Å². The van der Waals surface area contributed by atoms with E-state index in [9.17, 15) is 4.79 Å². The highest BCUT2D eigenvalue weighted by atomic mass is 35.5. The van der Waals surface area contributed by atoms with Crippen LogP contribution < -0.4 is 0 Å². The number of benzene rings is 1. The lowest BCUT2D eigenvalue weighted by molar-refractivity contribution is 0.0603. The molecule has 0 N–H and O–H groups in total. The molecule has 0 bridgehead atoms. The van der Waals surface area contributed by atoms with Crippen molar-refractivity contribution in [3.8, 4) is 0 Å². The lowest BCUT2D eigenvalue weighted by atomic mass is 10.1. The molecular weight excluding hydrogens is 355 g/mol. The highest BCUT2D eigenvalue weighted by molar-refractivity contribution is 6.55. The van der Waals surface area contributed by atoms with Gasteiger partial charge in [-0.2, -0.15) is 0 Å². The van der Waals surface area contributed by atoms with Crippen LogP contribution >= 0.6 is 58.0 Å². The highest BCUT2D eigenvalue weighted by Gasteiger charge is 2.24. The van der Waals surface area contributed by atoms with Crippen molar-refractivity contribution in [2.75, 3.05) is 7.11 Å². The summed E-state index contributed by atoms with van der Waals surface area (Å²) in [6, 6.07) is 0. The Morgan fingerprint density at radius 3 is 2.21 bits per heavy atom. The number of ether oxygens (including phenoxy) is 1. The van der Waals surface area contributed by atoms with Crippen LogP contribution in [0.1, 0.15) is 10.4 Å². The molecule has 0 amide bonds. The molecule has 0 fully saturated rings. The predicted octanol–water partition coefficient (Wildman–Crippen LogP) is 5.29. The Hall–Kier alpha value is -0.450. The zero-order valence-corrected chi connectivity index (χ0v) is 13.0. The normalized spacial score (nSPS) is 10.8. The minimum Gasteiger partial charge on any atom is -0.465 e. The van der Waals surface area contributed by atoms with Gasteiger partial charge in [0.15, 0.2) is 0 Å². The first-order chi connectivity index (χ1) is 8.90. The molecule has 8 heteroatoms. The quantitative estimate of drug-likeness (QED) is 0.395. The van der Waals surface area contributed by atoms with Crippen LogP contribution in [0.3, 0.4) is 0 Å². The third-order valence-electron chi connectivity index (χ3n) is 2.43. The molecule has 3 nitrogen and oxygen atoms in total. The maximum Gasteiger partial charge on any atom is 0.340 e. The van der Waals surface area contributed by atoms with Gasteiger partial charge in [-0.25, -0.2) is 4.79 Å². The SMILES string of the molecule is COC(=O)c1c(Cl)cnc2c(Cl)c(Cl)c(Cl)c(Cl)c12. The second-order valence-corrected chi connectivity index (χ2v) is 5.37. The topological polar surface area (TPSA) is 39.2 Å². The molecule has 2 aromatic rings. The Morgan fingerprint density at radius 1 is 1.05 bits per heavy atom. The molecule has 0 aliphatic heterocycles. The molecule has 0 saturated heterocycles. The lowest BCUT2D eigenvalue weighted by Crippen LogP contribution is -2.05. The van der Waals surface area contributed by atoms with Crippen LogP contribution in [0.25, 0.3) is 10.9 Å². The fourth-order valence-corrected chi connectivity index (χ4v) is 2.78. The van der Waals surface area contributed by atoms with Gasteiger partial charge in [-0.3, -0.25) is 4.98 Å². The van der Waals surface area contributed by atoms with Gasteiger partial charge < -0.3 is 4.74 Å². The van der Waals surface area contributed by atoms with Crippen molar-refractivity contribution in [3.63, 3.8) is 0 Å². The number of methoxy groups -OCH3 is 1. The highest BCUT2D eigenvalue weighted by Crippen LogP contribution is 2.44. The van der Waals surface area contributed by atoms with E-state index in [1.165, 1.54) is 13.3 Å². The molecule has 0 unspecified atom stereocenters. The molecule has 0 saturated carbocycles. The van der Waals surface area contributed by atoms with E-state index in [0.29, 0.717) is 0 Å². The smallest absolute Gasteiger partial charge is 0.340 e. The van der Waals surface area contributed by atoms with Crippen molar-refractivity contribution in [1.82, 2.24) is 4.98 Å². The van der Waals surface area contributed by atoms with Crippen LogP contribution in [0.2, 0.25) is 25.1 Å². The Bertz CT molecular complexity index is 702. The zero-order chi connectivity index (χ0) is 14.3. The fourth-order valence-electron chi connectivity index (χ4n) is 1.58. The minimum absolute atomic E-state index is 0.0232. The third kappa shape index (κ3) is 2.34. The molecule has 0 radical (unpaired) electrons. The average molecular weight is 359 g/mol. The van der Waals surface area contributed by atoms with Gasteiger partial charge in [0.2, 0.25) is 0 Å². The van der Waals surface area contributed by atoms with E-state index in [1.807, 2.05) is 0 Å². The van der Waals surface area contributed by atoms with E-state index in [4.69, 9.17) is 58.0 Å². The number of aromatic nitrogens is 1. The summed E-state index contributed by atoms with van der Waals surface area (Å²) in [5, 5.41) is 0.506.